The van der Waals surface area contributed by atoms with Crippen molar-refractivity contribution >= 4 is 11.9 Å². The predicted octanol–water partition coefficient (Wildman–Crippen LogP) is 5.84. The van der Waals surface area contributed by atoms with Crippen molar-refractivity contribution in [3.05, 3.63) is 78.2 Å². The summed E-state index contributed by atoms with van der Waals surface area (Å²) in [5, 5.41) is 0. The van der Waals surface area contributed by atoms with E-state index < -0.39 is 0 Å². The van der Waals surface area contributed by atoms with Gasteiger partial charge in [-0.2, -0.15) is 0 Å². The average molecular weight is 361 g/mol. The van der Waals surface area contributed by atoms with Crippen molar-refractivity contribution in [2.24, 2.45) is 5.41 Å². The third-order valence-corrected chi connectivity index (χ3v) is 4.24. The Morgan fingerprint density at radius 2 is 1.63 bits per heavy atom. The molecule has 0 radical (unpaired) electrons. The van der Waals surface area contributed by atoms with Crippen molar-refractivity contribution < 1.29 is 4.79 Å². The van der Waals surface area contributed by atoms with Gasteiger partial charge in [0.05, 0.1) is 0 Å². The van der Waals surface area contributed by atoms with E-state index in [1.165, 1.54) is 0 Å². The van der Waals surface area contributed by atoms with Crippen molar-refractivity contribution in [1.29, 1.82) is 0 Å². The predicted molar refractivity (Wildman–Crippen MR) is 113 cm³/mol. The molecule has 3 heteroatoms. The summed E-state index contributed by atoms with van der Waals surface area (Å²) in [5.41, 5.74) is 4.30. The Bertz CT molecular complexity index is 826. The molecule has 1 aliphatic rings. The number of benzene rings is 1. The number of aromatic nitrogens is 2. The van der Waals surface area contributed by atoms with Gasteiger partial charge in [-0.25, -0.2) is 9.97 Å². The summed E-state index contributed by atoms with van der Waals surface area (Å²) < 4.78 is 0. The van der Waals surface area contributed by atoms with Crippen molar-refractivity contribution in [2.45, 2.75) is 40.5 Å². The molecule has 0 saturated heterocycles. The summed E-state index contributed by atoms with van der Waals surface area (Å²) >= 11 is 0. The summed E-state index contributed by atoms with van der Waals surface area (Å²) in [6.07, 6.45) is 16.7. The van der Waals surface area contributed by atoms with Crippen LogP contribution in [0.5, 0.6) is 0 Å². The molecule has 0 aliphatic heterocycles. The molecule has 3 nitrogen and oxygen atoms in total. The molecule has 1 aliphatic carbocycles. The fourth-order valence-corrected chi connectivity index (χ4v) is 2.68. The van der Waals surface area contributed by atoms with Crippen molar-refractivity contribution in [1.82, 2.24) is 9.97 Å². The second-order valence-electron chi connectivity index (χ2n) is 6.83. The maximum Gasteiger partial charge on any atom is 0.159 e. The zero-order valence-corrected chi connectivity index (χ0v) is 16.6. The Morgan fingerprint density at radius 1 is 0.963 bits per heavy atom. The second kappa shape index (κ2) is 9.77. The van der Waals surface area contributed by atoms with Gasteiger partial charge in [-0.3, -0.25) is 0 Å². The molecule has 140 valence electrons. The largest absolute Gasteiger partial charge is 0.303 e. The van der Waals surface area contributed by atoms with Gasteiger partial charge in [0.2, 0.25) is 0 Å². The van der Waals surface area contributed by atoms with E-state index in [2.05, 4.69) is 54.2 Å². The lowest BCUT2D eigenvalue weighted by atomic mass is 9.93. The van der Waals surface area contributed by atoms with E-state index in [-0.39, 0.29) is 5.41 Å². The summed E-state index contributed by atoms with van der Waals surface area (Å²) in [7, 11) is 0. The second-order valence-corrected chi connectivity index (χ2v) is 6.83. The topological polar surface area (TPSA) is 42.9 Å². The number of allylic oxidation sites excluding steroid dienone is 6. The van der Waals surface area contributed by atoms with Crippen LogP contribution in [0.2, 0.25) is 0 Å². The first-order valence-corrected chi connectivity index (χ1v) is 9.51. The third kappa shape index (κ3) is 5.85. The van der Waals surface area contributed by atoms with Crippen LogP contribution in [0.3, 0.4) is 0 Å². The Morgan fingerprint density at radius 3 is 2.26 bits per heavy atom. The number of aldehydes is 1. The summed E-state index contributed by atoms with van der Waals surface area (Å²) in [6, 6.07) is 8.07. The molecular formula is C24H28N2O. The molecule has 1 heterocycles. The van der Waals surface area contributed by atoms with Gasteiger partial charge in [0.25, 0.3) is 0 Å². The number of aryl methyl sites for hydroxylation is 1. The minimum absolute atomic E-state index is 0.0602. The molecule has 0 atom stereocenters. The maximum absolute atomic E-state index is 10.5. The van der Waals surface area contributed by atoms with Gasteiger partial charge in [-0.15, -0.1) is 0 Å². The SMILES string of the molecule is CC.CC1(C)C=CC=C(c2cnc(-c3ccc(CCC=O)cc3)nc2)C=C1. The van der Waals surface area contributed by atoms with Crippen LogP contribution in [-0.4, -0.2) is 16.3 Å². The lowest BCUT2D eigenvalue weighted by Gasteiger charge is -2.12. The van der Waals surface area contributed by atoms with E-state index in [9.17, 15) is 4.79 Å². The number of carbonyl (C=O) groups is 1. The highest BCUT2D eigenvalue weighted by Gasteiger charge is 2.11. The number of hydrogen-bond donors (Lipinski definition) is 0. The molecule has 3 rings (SSSR count). The molecule has 0 spiro atoms. The van der Waals surface area contributed by atoms with Crippen molar-refractivity contribution in [3.63, 3.8) is 0 Å². The highest BCUT2D eigenvalue weighted by Crippen LogP contribution is 2.26. The Balaban J connectivity index is 0.00000126. The minimum atomic E-state index is 0.0602. The van der Waals surface area contributed by atoms with Gasteiger partial charge in [0.1, 0.15) is 6.29 Å². The number of nitrogens with zero attached hydrogens (tertiary/aromatic N) is 2. The molecule has 0 saturated carbocycles. The van der Waals surface area contributed by atoms with Gasteiger partial charge >= 0.3 is 0 Å². The lowest BCUT2D eigenvalue weighted by molar-refractivity contribution is -0.107. The van der Waals surface area contributed by atoms with E-state index in [0.29, 0.717) is 12.2 Å². The first kappa shape index (κ1) is 20.5. The molecule has 0 unspecified atom stereocenters. The van der Waals surface area contributed by atoms with Crippen LogP contribution in [0.15, 0.2) is 67.0 Å². The highest BCUT2D eigenvalue weighted by molar-refractivity contribution is 5.75. The minimum Gasteiger partial charge on any atom is -0.303 e. The van der Waals surface area contributed by atoms with E-state index in [1.807, 2.05) is 50.5 Å². The summed E-state index contributed by atoms with van der Waals surface area (Å²) in [6.45, 7) is 8.35. The normalized spacial score (nSPS) is 14.6. The van der Waals surface area contributed by atoms with E-state index in [1.54, 1.807) is 0 Å². The number of hydrogen-bond acceptors (Lipinski definition) is 3. The fourth-order valence-electron chi connectivity index (χ4n) is 2.68. The molecule has 0 N–H and O–H groups in total. The highest BCUT2D eigenvalue weighted by atomic mass is 16.1. The lowest BCUT2D eigenvalue weighted by Crippen LogP contribution is -2.00. The third-order valence-electron chi connectivity index (χ3n) is 4.24. The maximum atomic E-state index is 10.5. The van der Waals surface area contributed by atoms with Crippen molar-refractivity contribution in [2.75, 3.05) is 0 Å². The number of carbonyl (C=O) groups excluding carboxylic acids is 1. The molecule has 1 aromatic heterocycles. The molecule has 0 bridgehead atoms. The average Bonchev–Trinajstić information content (AvgIpc) is 2.89. The zero-order valence-electron chi connectivity index (χ0n) is 16.6. The van der Waals surface area contributed by atoms with Crippen LogP contribution < -0.4 is 0 Å². The molecule has 0 fully saturated rings. The quantitative estimate of drug-likeness (QED) is 0.629. The van der Waals surface area contributed by atoms with Gasteiger partial charge in [0, 0.05) is 35.4 Å². The van der Waals surface area contributed by atoms with Crippen LogP contribution in [0.4, 0.5) is 0 Å². The summed E-state index contributed by atoms with van der Waals surface area (Å²) in [4.78, 5) is 19.5. The van der Waals surface area contributed by atoms with Crippen LogP contribution in [-0.2, 0) is 11.2 Å². The Kier molecular flexibility index (Phi) is 7.42. The molecule has 0 amide bonds. The van der Waals surface area contributed by atoms with E-state index >= 15 is 0 Å². The zero-order chi connectivity index (χ0) is 19.7. The number of rotatable bonds is 5. The van der Waals surface area contributed by atoms with Crippen LogP contribution in [0, 0.1) is 5.41 Å². The Hall–Kier alpha value is -2.81. The first-order valence-electron chi connectivity index (χ1n) is 9.51. The van der Waals surface area contributed by atoms with Gasteiger partial charge in [0.15, 0.2) is 5.82 Å². The van der Waals surface area contributed by atoms with Gasteiger partial charge in [-0.05, 0) is 17.6 Å². The fraction of sp³-hybridized carbons (Fsp3) is 0.292. The Labute approximate surface area is 162 Å². The van der Waals surface area contributed by atoms with Crippen molar-refractivity contribution in [3.8, 4) is 11.4 Å². The molecule has 1 aromatic carbocycles. The molecule has 2 aromatic rings. The van der Waals surface area contributed by atoms with Gasteiger partial charge in [-0.1, -0.05) is 82.3 Å². The van der Waals surface area contributed by atoms with Crippen LogP contribution >= 0.6 is 0 Å². The van der Waals surface area contributed by atoms with E-state index in [0.717, 1.165) is 35.0 Å². The van der Waals surface area contributed by atoms with E-state index in [4.69, 9.17) is 0 Å². The molecule has 27 heavy (non-hydrogen) atoms. The molecular weight excluding hydrogens is 332 g/mol. The van der Waals surface area contributed by atoms with Gasteiger partial charge < -0.3 is 4.79 Å². The van der Waals surface area contributed by atoms with Crippen LogP contribution in [0.1, 0.15) is 45.2 Å². The smallest absolute Gasteiger partial charge is 0.159 e. The summed E-state index contributed by atoms with van der Waals surface area (Å²) in [5.74, 6) is 0.708. The monoisotopic (exact) mass is 360 g/mol. The van der Waals surface area contributed by atoms with Crippen LogP contribution in [0.25, 0.3) is 17.0 Å². The first-order chi connectivity index (χ1) is 13.1. The standard InChI is InChI=1S/C22H22N2O.C2H6/c1-22(2)12-3-6-18(11-13-22)20-15-23-21(24-16-20)19-9-7-17(8-10-19)5-4-14-25;1-2/h3,6-16H,4-5H2,1-2H3;1-2H3.